The molecule has 17 heavy (non-hydrogen) atoms. The Morgan fingerprint density at radius 2 is 2.06 bits per heavy atom. The fraction of sp³-hybridized carbons (Fsp3) is 0.308. The molecule has 0 fully saturated rings. The molecule has 2 aromatic heterocycles. The van der Waals surface area contributed by atoms with Crippen molar-refractivity contribution in [3.63, 3.8) is 0 Å². The van der Waals surface area contributed by atoms with Crippen LogP contribution in [0.1, 0.15) is 22.2 Å². The maximum absolute atomic E-state index is 11.8. The van der Waals surface area contributed by atoms with Crippen LogP contribution < -0.4 is 11.3 Å². The van der Waals surface area contributed by atoms with E-state index in [0.29, 0.717) is 12.2 Å². The average Bonchev–Trinajstić information content (AvgIpc) is 2.73. The number of anilines is 1. The third-order valence-electron chi connectivity index (χ3n) is 2.77. The number of nitrogen functional groups attached to an aromatic ring is 1. The minimum absolute atomic E-state index is 0.00292. The van der Waals surface area contributed by atoms with Gasteiger partial charge in [-0.15, -0.1) is 11.3 Å². The van der Waals surface area contributed by atoms with Crippen molar-refractivity contribution in [1.29, 1.82) is 0 Å². The first kappa shape index (κ1) is 11.9. The van der Waals surface area contributed by atoms with Gasteiger partial charge in [-0.3, -0.25) is 4.79 Å². The fourth-order valence-corrected chi connectivity index (χ4v) is 2.63. The van der Waals surface area contributed by atoms with Crippen LogP contribution in [0.4, 0.5) is 5.69 Å². The number of hydrogen-bond donors (Lipinski definition) is 1. The Balaban J connectivity index is 2.30. The van der Waals surface area contributed by atoms with Crippen molar-refractivity contribution >= 4 is 17.0 Å². The minimum Gasteiger partial charge on any atom is -0.397 e. The van der Waals surface area contributed by atoms with Crippen molar-refractivity contribution in [2.75, 3.05) is 5.73 Å². The topological polar surface area (TPSA) is 48.0 Å². The van der Waals surface area contributed by atoms with Crippen LogP contribution in [-0.2, 0) is 13.0 Å². The molecule has 4 heteroatoms. The Morgan fingerprint density at radius 3 is 2.71 bits per heavy atom. The second-order valence-electron chi connectivity index (χ2n) is 4.10. The molecule has 2 rings (SSSR count). The lowest BCUT2D eigenvalue weighted by Gasteiger charge is -2.06. The number of nitrogens with zero attached hydrogens (tertiary/aromatic N) is 1. The van der Waals surface area contributed by atoms with E-state index in [2.05, 4.69) is 19.1 Å². The minimum atomic E-state index is 0.00292. The molecule has 0 saturated carbocycles. The second-order valence-corrected chi connectivity index (χ2v) is 5.35. The lowest BCUT2D eigenvalue weighted by Crippen LogP contribution is -2.20. The van der Waals surface area contributed by atoms with E-state index in [-0.39, 0.29) is 5.56 Å². The normalized spacial score (nSPS) is 10.7. The SMILES string of the molecule is CCc1ccc(Cn2cc(N)c(C)cc2=O)s1. The summed E-state index contributed by atoms with van der Waals surface area (Å²) >= 11 is 1.75. The lowest BCUT2D eigenvalue weighted by atomic mass is 10.2. The highest BCUT2D eigenvalue weighted by Crippen LogP contribution is 2.18. The largest absolute Gasteiger partial charge is 0.397 e. The Morgan fingerprint density at radius 1 is 1.35 bits per heavy atom. The first-order valence-corrected chi connectivity index (χ1v) is 6.46. The highest BCUT2D eigenvalue weighted by Gasteiger charge is 2.04. The second kappa shape index (κ2) is 4.75. The van der Waals surface area contributed by atoms with Crippen LogP contribution in [0.3, 0.4) is 0 Å². The van der Waals surface area contributed by atoms with Gasteiger partial charge in [-0.1, -0.05) is 6.92 Å². The molecule has 90 valence electrons. The van der Waals surface area contributed by atoms with Gasteiger partial charge < -0.3 is 10.3 Å². The van der Waals surface area contributed by atoms with E-state index in [1.807, 2.05) is 6.92 Å². The van der Waals surface area contributed by atoms with Crippen LogP contribution >= 0.6 is 11.3 Å². The number of rotatable bonds is 3. The molecule has 2 N–H and O–H groups in total. The van der Waals surface area contributed by atoms with Gasteiger partial charge >= 0.3 is 0 Å². The van der Waals surface area contributed by atoms with Crippen LogP contribution in [0.25, 0.3) is 0 Å². The molecular weight excluding hydrogens is 232 g/mol. The maximum Gasteiger partial charge on any atom is 0.251 e. The van der Waals surface area contributed by atoms with Crippen molar-refractivity contribution < 1.29 is 0 Å². The Labute approximate surface area is 105 Å². The smallest absolute Gasteiger partial charge is 0.251 e. The molecule has 0 aliphatic heterocycles. The van der Waals surface area contributed by atoms with Gasteiger partial charge in [0.2, 0.25) is 0 Å². The summed E-state index contributed by atoms with van der Waals surface area (Å²) in [5.74, 6) is 0. The molecule has 2 heterocycles. The maximum atomic E-state index is 11.8. The lowest BCUT2D eigenvalue weighted by molar-refractivity contribution is 0.770. The van der Waals surface area contributed by atoms with Gasteiger partial charge in [0.1, 0.15) is 0 Å². The van der Waals surface area contributed by atoms with E-state index < -0.39 is 0 Å². The molecule has 0 radical (unpaired) electrons. The van der Waals surface area contributed by atoms with Crippen molar-refractivity contribution in [2.24, 2.45) is 0 Å². The van der Waals surface area contributed by atoms with Crippen LogP contribution in [0.15, 0.2) is 29.2 Å². The summed E-state index contributed by atoms with van der Waals surface area (Å²) in [6.07, 6.45) is 2.76. The molecular formula is C13H16N2OS. The van der Waals surface area contributed by atoms with E-state index in [4.69, 9.17) is 5.73 Å². The number of nitrogens with two attached hydrogens (primary N) is 1. The van der Waals surface area contributed by atoms with Crippen LogP contribution in [0.2, 0.25) is 0 Å². The summed E-state index contributed by atoms with van der Waals surface area (Å²) in [7, 11) is 0. The number of aromatic nitrogens is 1. The predicted octanol–water partition coefficient (Wildman–Crippen LogP) is 2.41. The summed E-state index contributed by atoms with van der Waals surface area (Å²) in [6.45, 7) is 4.58. The zero-order chi connectivity index (χ0) is 12.4. The van der Waals surface area contributed by atoms with Gasteiger partial charge in [-0.25, -0.2) is 0 Å². The summed E-state index contributed by atoms with van der Waals surface area (Å²) in [5, 5.41) is 0. The number of hydrogen-bond acceptors (Lipinski definition) is 3. The molecule has 0 saturated heterocycles. The zero-order valence-electron chi connectivity index (χ0n) is 10.1. The monoisotopic (exact) mass is 248 g/mol. The Hall–Kier alpha value is -1.55. The van der Waals surface area contributed by atoms with E-state index >= 15 is 0 Å². The molecule has 0 aliphatic carbocycles. The summed E-state index contributed by atoms with van der Waals surface area (Å²) in [4.78, 5) is 14.3. The highest BCUT2D eigenvalue weighted by atomic mass is 32.1. The van der Waals surface area contributed by atoms with Crippen molar-refractivity contribution in [1.82, 2.24) is 4.57 Å². The van der Waals surface area contributed by atoms with E-state index in [1.54, 1.807) is 28.2 Å². The van der Waals surface area contributed by atoms with Gasteiger partial charge in [-0.05, 0) is 31.0 Å². The van der Waals surface area contributed by atoms with Gasteiger partial charge in [0.05, 0.1) is 12.2 Å². The standard InChI is InChI=1S/C13H16N2OS/c1-3-10-4-5-11(17-10)7-15-8-12(14)9(2)6-13(15)16/h4-6,8H,3,7,14H2,1-2H3. The summed E-state index contributed by atoms with van der Waals surface area (Å²) in [6, 6.07) is 5.78. The highest BCUT2D eigenvalue weighted by molar-refractivity contribution is 7.11. The number of aryl methyl sites for hydroxylation is 2. The molecule has 0 spiro atoms. The third kappa shape index (κ3) is 2.58. The zero-order valence-corrected chi connectivity index (χ0v) is 10.9. The first-order valence-electron chi connectivity index (χ1n) is 5.64. The quantitative estimate of drug-likeness (QED) is 0.906. The van der Waals surface area contributed by atoms with Gasteiger partial charge in [0.15, 0.2) is 0 Å². The molecule has 0 atom stereocenters. The van der Waals surface area contributed by atoms with E-state index in [0.717, 1.165) is 12.0 Å². The molecule has 0 aromatic carbocycles. The first-order chi connectivity index (χ1) is 8.10. The predicted molar refractivity (Wildman–Crippen MR) is 72.7 cm³/mol. The van der Waals surface area contributed by atoms with E-state index in [1.165, 1.54) is 9.75 Å². The Bertz CT molecular complexity index is 583. The van der Waals surface area contributed by atoms with Crippen molar-refractivity contribution in [3.05, 3.63) is 50.1 Å². The van der Waals surface area contributed by atoms with E-state index in [9.17, 15) is 4.79 Å². The molecule has 0 unspecified atom stereocenters. The molecule has 0 amide bonds. The number of pyridine rings is 1. The summed E-state index contributed by atoms with van der Waals surface area (Å²) < 4.78 is 1.66. The third-order valence-corrected chi connectivity index (χ3v) is 3.98. The number of thiophene rings is 1. The van der Waals surface area contributed by atoms with Gasteiger partial charge in [0.25, 0.3) is 5.56 Å². The van der Waals surface area contributed by atoms with Crippen LogP contribution in [0.5, 0.6) is 0 Å². The molecule has 0 bridgehead atoms. The van der Waals surface area contributed by atoms with Crippen molar-refractivity contribution in [3.8, 4) is 0 Å². The molecule has 2 aromatic rings. The van der Waals surface area contributed by atoms with Crippen LogP contribution in [0, 0.1) is 6.92 Å². The molecule has 3 nitrogen and oxygen atoms in total. The van der Waals surface area contributed by atoms with Gasteiger partial charge in [-0.2, -0.15) is 0 Å². The Kier molecular flexibility index (Phi) is 3.33. The molecule has 0 aliphatic rings. The summed E-state index contributed by atoms with van der Waals surface area (Å²) in [5.41, 5.74) is 7.32. The van der Waals surface area contributed by atoms with Gasteiger partial charge in [0, 0.05) is 22.0 Å². The fourth-order valence-electron chi connectivity index (χ4n) is 1.67. The average molecular weight is 248 g/mol. The van der Waals surface area contributed by atoms with Crippen molar-refractivity contribution in [2.45, 2.75) is 26.8 Å². The van der Waals surface area contributed by atoms with Crippen LogP contribution in [-0.4, -0.2) is 4.57 Å².